The first kappa shape index (κ1) is 27.6. The summed E-state index contributed by atoms with van der Waals surface area (Å²) in [6.45, 7) is 9.83. The van der Waals surface area contributed by atoms with Gasteiger partial charge in [-0.1, -0.05) is 18.3 Å². The van der Waals surface area contributed by atoms with Crippen LogP contribution in [0, 0.1) is 18.2 Å². The number of halogens is 1. The average Bonchev–Trinajstić information content (AvgIpc) is 2.77. The van der Waals surface area contributed by atoms with Gasteiger partial charge in [-0.05, 0) is 44.9 Å². The Morgan fingerprint density at radius 3 is 2.36 bits per heavy atom. The van der Waals surface area contributed by atoms with Crippen LogP contribution in [0.5, 0.6) is 5.75 Å². The summed E-state index contributed by atoms with van der Waals surface area (Å²) in [6.07, 6.45) is 0.738. The molecule has 0 fully saturated rings. The van der Waals surface area contributed by atoms with Gasteiger partial charge in [0, 0.05) is 27.7 Å². The molecule has 0 saturated carbocycles. The number of fused-ring (bicyclic) bond motifs is 1. The Morgan fingerprint density at radius 2 is 1.70 bits per heavy atom. The molecule has 0 bridgehead atoms. The van der Waals surface area contributed by atoms with E-state index in [1.165, 1.54) is 12.1 Å². The Morgan fingerprint density at radius 1 is 1.03 bits per heavy atom. The fourth-order valence-corrected chi connectivity index (χ4v) is 4.22. The predicted octanol–water partition coefficient (Wildman–Crippen LogP) is 4.83. The van der Waals surface area contributed by atoms with E-state index >= 15 is 0 Å². The van der Waals surface area contributed by atoms with E-state index in [4.69, 9.17) is 18.9 Å². The Balaban J connectivity index is 1.52. The minimum absolute atomic E-state index is 0.133. The highest BCUT2D eigenvalue weighted by atomic mass is 32.2. The summed E-state index contributed by atoms with van der Waals surface area (Å²) in [5.41, 5.74) is 0.0488. The van der Waals surface area contributed by atoms with Crippen molar-refractivity contribution in [1.29, 1.82) is 0 Å². The molecule has 1 heterocycles. The average molecular weight is 501 g/mol. The number of carbonyl (C=O) groups excluding carboxylic acids is 1. The van der Waals surface area contributed by atoms with E-state index in [9.17, 15) is 14.0 Å². The van der Waals surface area contributed by atoms with E-state index < -0.39 is 5.41 Å². The zero-order valence-corrected chi connectivity index (χ0v) is 21.4. The lowest BCUT2D eigenvalue weighted by atomic mass is 9.91. The molecule has 0 spiro atoms. The number of benzene rings is 1. The number of aryl methyl sites for hydroxylation is 1. The van der Waals surface area contributed by atoms with Gasteiger partial charge < -0.3 is 18.9 Å². The third kappa shape index (κ3) is 9.23. The molecule has 0 aliphatic carbocycles. The van der Waals surface area contributed by atoms with E-state index in [1.54, 1.807) is 24.8 Å². The minimum atomic E-state index is -0.452. The lowest BCUT2D eigenvalue weighted by Gasteiger charge is -2.20. The largest absolute Gasteiger partial charge is 0.490 e. The Labute approximate surface area is 202 Å². The minimum Gasteiger partial charge on any atom is -0.490 e. The number of rotatable bonds is 15. The summed E-state index contributed by atoms with van der Waals surface area (Å²) >= 11 is 2.78. The molecule has 0 radical (unpaired) electrons. The predicted molar refractivity (Wildman–Crippen MR) is 132 cm³/mol. The standard InChI is InChI=1S/C24H33FO6S2/c1-5-24(3,4)23(27)31-9-7-29-11-13-32-12-10-28-6-8-30-20-16-22(26)33-21-14-17(2)19(25)15-18(20)21/h14-16H,5-13H2,1-4H3. The van der Waals surface area contributed by atoms with Crippen molar-refractivity contribution in [1.82, 2.24) is 0 Å². The smallest absolute Gasteiger partial charge is 0.311 e. The Hall–Kier alpha value is -1.68. The molecule has 2 aromatic rings. The van der Waals surface area contributed by atoms with Crippen molar-refractivity contribution in [2.45, 2.75) is 34.1 Å². The second kappa shape index (κ2) is 13.9. The van der Waals surface area contributed by atoms with Crippen LogP contribution in [0.4, 0.5) is 4.39 Å². The summed E-state index contributed by atoms with van der Waals surface area (Å²) in [4.78, 5) is 23.7. The van der Waals surface area contributed by atoms with Crippen molar-refractivity contribution < 1.29 is 28.1 Å². The molecule has 184 valence electrons. The maximum atomic E-state index is 13.9. The van der Waals surface area contributed by atoms with Gasteiger partial charge in [0.15, 0.2) is 0 Å². The van der Waals surface area contributed by atoms with E-state index in [2.05, 4.69) is 0 Å². The van der Waals surface area contributed by atoms with Gasteiger partial charge in [0.05, 0.1) is 31.8 Å². The number of hydrogen-bond acceptors (Lipinski definition) is 8. The summed E-state index contributed by atoms with van der Waals surface area (Å²) in [6, 6.07) is 4.47. The highest BCUT2D eigenvalue weighted by Gasteiger charge is 2.26. The molecule has 0 atom stereocenters. The van der Waals surface area contributed by atoms with Crippen molar-refractivity contribution in [3.63, 3.8) is 0 Å². The van der Waals surface area contributed by atoms with Gasteiger partial charge in [-0.25, -0.2) is 4.39 Å². The van der Waals surface area contributed by atoms with Crippen LogP contribution >= 0.6 is 23.1 Å². The third-order valence-corrected chi connectivity index (χ3v) is 6.90. The first-order valence-electron chi connectivity index (χ1n) is 11.0. The normalized spacial score (nSPS) is 11.7. The van der Waals surface area contributed by atoms with Gasteiger partial charge in [0.2, 0.25) is 4.74 Å². The lowest BCUT2D eigenvalue weighted by Crippen LogP contribution is -2.27. The fourth-order valence-electron chi connectivity index (χ4n) is 2.66. The molecule has 0 N–H and O–H groups in total. The second-order valence-corrected chi connectivity index (χ2v) is 10.4. The van der Waals surface area contributed by atoms with Crippen LogP contribution in [0.2, 0.25) is 0 Å². The van der Waals surface area contributed by atoms with Crippen LogP contribution in [0.25, 0.3) is 10.1 Å². The molecular formula is C24H33FO6S2. The van der Waals surface area contributed by atoms with Crippen LogP contribution in [0.1, 0.15) is 32.8 Å². The van der Waals surface area contributed by atoms with Crippen molar-refractivity contribution in [2.24, 2.45) is 5.41 Å². The summed E-state index contributed by atoms with van der Waals surface area (Å²) in [7, 11) is 0. The van der Waals surface area contributed by atoms with Crippen LogP contribution in [0.3, 0.4) is 0 Å². The number of thioether (sulfide) groups is 1. The lowest BCUT2D eigenvalue weighted by molar-refractivity contribution is -0.155. The number of carbonyl (C=O) groups is 1. The third-order valence-electron chi connectivity index (χ3n) is 5.11. The van der Waals surface area contributed by atoms with Crippen molar-refractivity contribution in [2.75, 3.05) is 51.1 Å². The summed E-state index contributed by atoms with van der Waals surface area (Å²) in [5, 5.41) is 0.599. The molecular weight excluding hydrogens is 467 g/mol. The zero-order valence-electron chi connectivity index (χ0n) is 19.7. The fraction of sp³-hybridized carbons (Fsp3) is 0.583. The van der Waals surface area contributed by atoms with E-state index in [1.807, 2.05) is 20.8 Å². The SMILES string of the molecule is CCC(C)(C)C(=O)OCCOCCSCCOCCOc1cc(=O)sc2cc(C)c(F)cc12. The maximum Gasteiger partial charge on any atom is 0.311 e. The molecule has 0 aliphatic heterocycles. The van der Waals surface area contributed by atoms with Crippen molar-refractivity contribution in [3.05, 3.63) is 39.1 Å². The molecule has 33 heavy (non-hydrogen) atoms. The second-order valence-electron chi connectivity index (χ2n) is 8.09. The molecule has 1 aromatic carbocycles. The molecule has 0 amide bonds. The molecule has 6 nitrogen and oxygen atoms in total. The first-order chi connectivity index (χ1) is 15.7. The van der Waals surface area contributed by atoms with Crippen LogP contribution in [-0.4, -0.2) is 57.1 Å². The topological polar surface area (TPSA) is 71.1 Å². The molecule has 2 rings (SSSR count). The van der Waals surface area contributed by atoms with Gasteiger partial charge in [-0.15, -0.1) is 0 Å². The Kier molecular flexibility index (Phi) is 11.6. The molecule has 0 saturated heterocycles. The van der Waals surface area contributed by atoms with Crippen LogP contribution in [0.15, 0.2) is 23.0 Å². The highest BCUT2D eigenvalue weighted by Crippen LogP contribution is 2.28. The summed E-state index contributed by atoms with van der Waals surface area (Å²) < 4.78 is 36.4. The summed E-state index contributed by atoms with van der Waals surface area (Å²) in [5.74, 6) is 1.50. The quantitative estimate of drug-likeness (QED) is 0.256. The van der Waals surface area contributed by atoms with Crippen LogP contribution in [-0.2, 0) is 19.0 Å². The van der Waals surface area contributed by atoms with E-state index in [0.717, 1.165) is 29.3 Å². The highest BCUT2D eigenvalue weighted by molar-refractivity contribution is 7.99. The first-order valence-corrected chi connectivity index (χ1v) is 13.0. The van der Waals surface area contributed by atoms with Crippen molar-refractivity contribution in [3.8, 4) is 5.75 Å². The molecule has 1 aromatic heterocycles. The molecule has 0 unspecified atom stereocenters. The number of hydrogen-bond donors (Lipinski definition) is 0. The molecule has 9 heteroatoms. The number of esters is 1. The van der Waals surface area contributed by atoms with Gasteiger partial charge in [-0.3, -0.25) is 9.59 Å². The van der Waals surface area contributed by atoms with Gasteiger partial charge in [0.25, 0.3) is 0 Å². The molecule has 0 aliphatic rings. The maximum absolute atomic E-state index is 13.9. The van der Waals surface area contributed by atoms with E-state index in [0.29, 0.717) is 47.8 Å². The monoisotopic (exact) mass is 500 g/mol. The van der Waals surface area contributed by atoms with E-state index in [-0.39, 0.29) is 29.7 Å². The van der Waals surface area contributed by atoms with Gasteiger partial charge in [-0.2, -0.15) is 11.8 Å². The van der Waals surface area contributed by atoms with Gasteiger partial charge in [0.1, 0.15) is 24.8 Å². The van der Waals surface area contributed by atoms with Crippen LogP contribution < -0.4 is 9.48 Å². The van der Waals surface area contributed by atoms with Gasteiger partial charge >= 0.3 is 5.97 Å². The van der Waals surface area contributed by atoms with Crippen molar-refractivity contribution >= 4 is 39.2 Å². The Bertz CT molecular complexity index is 960. The zero-order chi connectivity index (χ0) is 24.3. The number of ether oxygens (including phenoxy) is 4.